The molecule has 0 aliphatic rings. The molecule has 0 saturated carbocycles. The molecule has 70 valence electrons. The average molecular weight is 220 g/mol. The highest BCUT2D eigenvalue weighted by Crippen LogP contribution is 2.34. The first-order chi connectivity index (χ1) is 6.77. The smallest absolute Gasteiger partial charge is 0.0747 e. The van der Waals surface area contributed by atoms with E-state index in [4.69, 9.17) is 0 Å². The largest absolute Gasteiger partial charge is 0.197 e. The lowest BCUT2D eigenvalue weighted by atomic mass is 10.1. The van der Waals surface area contributed by atoms with E-state index < -0.39 is 0 Å². The van der Waals surface area contributed by atoms with Crippen molar-refractivity contribution in [1.82, 2.24) is 8.75 Å². The third-order valence-electron chi connectivity index (χ3n) is 2.44. The summed E-state index contributed by atoms with van der Waals surface area (Å²) in [4.78, 5) is 0. The van der Waals surface area contributed by atoms with Crippen molar-refractivity contribution in [1.29, 1.82) is 0 Å². The van der Waals surface area contributed by atoms with E-state index in [0.29, 0.717) is 0 Å². The van der Waals surface area contributed by atoms with E-state index in [1.165, 1.54) is 20.2 Å². The van der Waals surface area contributed by atoms with Gasteiger partial charge in [0.05, 0.1) is 20.8 Å². The van der Waals surface area contributed by atoms with Gasteiger partial charge in [0.1, 0.15) is 0 Å². The van der Waals surface area contributed by atoms with Crippen LogP contribution in [0.5, 0.6) is 0 Å². The van der Waals surface area contributed by atoms with Crippen LogP contribution in [0.1, 0.15) is 11.4 Å². The Kier molecular flexibility index (Phi) is 1.63. The summed E-state index contributed by atoms with van der Waals surface area (Å²) in [6.45, 7) is 4.11. The van der Waals surface area contributed by atoms with E-state index in [9.17, 15) is 0 Å². The molecule has 0 aliphatic heterocycles. The summed E-state index contributed by atoms with van der Waals surface area (Å²) >= 11 is 3.15. The first kappa shape index (κ1) is 8.32. The SMILES string of the molecule is Cc1nsc2c1ccc1c(C)nsc12. The van der Waals surface area contributed by atoms with Gasteiger partial charge in [0, 0.05) is 10.8 Å². The fraction of sp³-hybridized carbons (Fsp3) is 0.200. The van der Waals surface area contributed by atoms with Crippen LogP contribution in [0.4, 0.5) is 0 Å². The van der Waals surface area contributed by atoms with Gasteiger partial charge in [-0.05, 0) is 36.9 Å². The normalized spacial score (nSPS) is 11.6. The van der Waals surface area contributed by atoms with Gasteiger partial charge in [-0.25, -0.2) is 0 Å². The second-order valence-corrected chi connectivity index (χ2v) is 4.90. The molecule has 1 aromatic carbocycles. The molecule has 14 heavy (non-hydrogen) atoms. The maximum Gasteiger partial charge on any atom is 0.0747 e. The number of aromatic nitrogens is 2. The summed E-state index contributed by atoms with van der Waals surface area (Å²) in [5.74, 6) is 0. The molecule has 0 radical (unpaired) electrons. The van der Waals surface area contributed by atoms with Gasteiger partial charge in [-0.2, -0.15) is 8.75 Å². The minimum absolute atomic E-state index is 1.12. The zero-order valence-electron chi connectivity index (χ0n) is 7.87. The Morgan fingerprint density at radius 1 is 0.857 bits per heavy atom. The number of fused-ring (bicyclic) bond motifs is 3. The molecule has 2 heterocycles. The van der Waals surface area contributed by atoms with Gasteiger partial charge in [0.25, 0.3) is 0 Å². The molecule has 0 fully saturated rings. The van der Waals surface area contributed by atoms with Crippen LogP contribution >= 0.6 is 23.1 Å². The molecule has 0 amide bonds. The molecular formula is C10H8N2S2. The van der Waals surface area contributed by atoms with Gasteiger partial charge in [-0.15, -0.1) is 0 Å². The highest BCUT2D eigenvalue weighted by molar-refractivity contribution is 7.22. The Bertz CT molecular complexity index is 566. The molecule has 0 atom stereocenters. The molecule has 0 unspecified atom stereocenters. The lowest BCUT2D eigenvalue weighted by Gasteiger charge is -1.91. The van der Waals surface area contributed by atoms with Crippen LogP contribution in [0.25, 0.3) is 20.2 Å². The van der Waals surface area contributed by atoms with Gasteiger partial charge in [0.2, 0.25) is 0 Å². The lowest BCUT2D eigenvalue weighted by molar-refractivity contribution is 1.37. The van der Waals surface area contributed by atoms with Gasteiger partial charge < -0.3 is 0 Å². The zero-order chi connectivity index (χ0) is 9.71. The quantitative estimate of drug-likeness (QED) is 0.579. The third kappa shape index (κ3) is 0.952. The van der Waals surface area contributed by atoms with Crippen molar-refractivity contribution < 1.29 is 0 Å². The van der Waals surface area contributed by atoms with Crippen LogP contribution < -0.4 is 0 Å². The van der Waals surface area contributed by atoms with Crippen molar-refractivity contribution in [3.8, 4) is 0 Å². The summed E-state index contributed by atoms with van der Waals surface area (Å²) in [7, 11) is 0. The molecule has 2 nitrogen and oxygen atoms in total. The van der Waals surface area contributed by atoms with Crippen LogP contribution in [-0.2, 0) is 0 Å². The maximum absolute atomic E-state index is 4.38. The standard InChI is InChI=1S/C10H8N2S2/c1-5-7-3-4-8-6(2)12-14-10(8)9(7)13-11-5/h3-4H,1-2H3. The van der Waals surface area contributed by atoms with Gasteiger partial charge in [-0.3, -0.25) is 0 Å². The molecule has 0 aliphatic carbocycles. The highest BCUT2D eigenvalue weighted by Gasteiger charge is 2.09. The van der Waals surface area contributed by atoms with Crippen LogP contribution in [0.3, 0.4) is 0 Å². The summed E-state index contributed by atoms with van der Waals surface area (Å²) in [5, 5.41) is 2.54. The molecular weight excluding hydrogens is 212 g/mol. The first-order valence-electron chi connectivity index (χ1n) is 4.38. The minimum Gasteiger partial charge on any atom is -0.197 e. The first-order valence-corrected chi connectivity index (χ1v) is 5.93. The Balaban J connectivity index is 2.62. The number of benzene rings is 1. The van der Waals surface area contributed by atoms with Crippen molar-refractivity contribution in [2.45, 2.75) is 13.8 Å². The predicted octanol–water partition coefficient (Wildman–Crippen LogP) is 3.52. The maximum atomic E-state index is 4.38. The Labute approximate surface area is 89.5 Å². The topological polar surface area (TPSA) is 25.8 Å². The molecule has 0 saturated heterocycles. The average Bonchev–Trinajstić information content (AvgIpc) is 2.72. The molecule has 2 aromatic heterocycles. The molecule has 3 rings (SSSR count). The van der Waals surface area contributed by atoms with E-state index in [0.717, 1.165) is 11.4 Å². The number of aryl methyl sites for hydroxylation is 2. The number of hydrogen-bond acceptors (Lipinski definition) is 4. The van der Waals surface area contributed by atoms with E-state index in [1.807, 2.05) is 0 Å². The molecule has 3 aromatic rings. The zero-order valence-corrected chi connectivity index (χ0v) is 9.50. The Morgan fingerprint density at radius 2 is 1.29 bits per heavy atom. The van der Waals surface area contributed by atoms with Crippen LogP contribution in [0.2, 0.25) is 0 Å². The third-order valence-corrected chi connectivity index (χ3v) is 4.51. The van der Waals surface area contributed by atoms with E-state index >= 15 is 0 Å². The van der Waals surface area contributed by atoms with Crippen molar-refractivity contribution in [2.75, 3.05) is 0 Å². The van der Waals surface area contributed by atoms with E-state index in [2.05, 4.69) is 34.7 Å². The molecule has 0 bridgehead atoms. The summed E-state index contributed by atoms with van der Waals surface area (Å²) in [5.41, 5.74) is 2.25. The molecule has 4 heteroatoms. The predicted molar refractivity (Wildman–Crippen MR) is 62.3 cm³/mol. The monoisotopic (exact) mass is 220 g/mol. The Morgan fingerprint density at radius 3 is 1.71 bits per heavy atom. The van der Waals surface area contributed by atoms with Gasteiger partial charge in [-0.1, -0.05) is 12.1 Å². The summed E-state index contributed by atoms with van der Waals surface area (Å²) < 4.78 is 11.3. The van der Waals surface area contributed by atoms with E-state index in [1.54, 1.807) is 23.1 Å². The fourth-order valence-electron chi connectivity index (χ4n) is 1.64. The van der Waals surface area contributed by atoms with Crippen molar-refractivity contribution in [2.24, 2.45) is 0 Å². The Hall–Kier alpha value is -1.00. The second kappa shape index (κ2) is 2.74. The lowest BCUT2D eigenvalue weighted by Crippen LogP contribution is -1.71. The minimum atomic E-state index is 1.12. The van der Waals surface area contributed by atoms with E-state index in [-0.39, 0.29) is 0 Å². The summed E-state index contributed by atoms with van der Waals surface area (Å²) in [6, 6.07) is 4.30. The number of rotatable bonds is 0. The summed E-state index contributed by atoms with van der Waals surface area (Å²) in [6.07, 6.45) is 0. The second-order valence-electron chi connectivity index (χ2n) is 3.35. The van der Waals surface area contributed by atoms with Crippen LogP contribution in [0.15, 0.2) is 12.1 Å². The number of hydrogen-bond donors (Lipinski definition) is 0. The molecule has 0 spiro atoms. The van der Waals surface area contributed by atoms with Crippen molar-refractivity contribution in [3.63, 3.8) is 0 Å². The number of nitrogens with zero attached hydrogens (tertiary/aromatic N) is 2. The molecule has 0 N–H and O–H groups in total. The van der Waals surface area contributed by atoms with Crippen molar-refractivity contribution >= 4 is 43.2 Å². The highest BCUT2D eigenvalue weighted by atomic mass is 32.1. The van der Waals surface area contributed by atoms with Gasteiger partial charge in [0.15, 0.2) is 0 Å². The van der Waals surface area contributed by atoms with Crippen LogP contribution in [0, 0.1) is 13.8 Å². The van der Waals surface area contributed by atoms with Crippen molar-refractivity contribution in [3.05, 3.63) is 23.5 Å². The van der Waals surface area contributed by atoms with Crippen LogP contribution in [-0.4, -0.2) is 8.75 Å². The van der Waals surface area contributed by atoms with Gasteiger partial charge >= 0.3 is 0 Å². The fourth-order valence-corrected chi connectivity index (χ4v) is 3.53.